The zero-order chi connectivity index (χ0) is 16.2. The molecule has 0 fully saturated rings. The summed E-state index contributed by atoms with van der Waals surface area (Å²) in [5.74, 6) is 0.688. The maximum absolute atomic E-state index is 11.7. The lowest BCUT2D eigenvalue weighted by molar-refractivity contribution is 0.0927. The summed E-state index contributed by atoms with van der Waals surface area (Å²) < 4.78 is 7.04. The average molecular weight is 308 g/mol. The number of aryl methyl sites for hydroxylation is 1. The fraction of sp³-hybridized carbons (Fsp3) is 0.118. The van der Waals surface area contributed by atoms with Gasteiger partial charge in [0.05, 0.1) is 12.5 Å². The number of furan rings is 1. The predicted molar refractivity (Wildman–Crippen MR) is 86.8 cm³/mol. The molecule has 3 heterocycles. The predicted octanol–water partition coefficient (Wildman–Crippen LogP) is 2.85. The molecule has 1 N–H and O–H groups in total. The summed E-state index contributed by atoms with van der Waals surface area (Å²) in [6.07, 6.45) is 4.81. The summed E-state index contributed by atoms with van der Waals surface area (Å²) in [7, 11) is 0. The van der Waals surface area contributed by atoms with Crippen LogP contribution in [-0.4, -0.2) is 21.7 Å². The van der Waals surface area contributed by atoms with Gasteiger partial charge in [-0.3, -0.25) is 4.79 Å². The van der Waals surface area contributed by atoms with Crippen molar-refractivity contribution in [1.82, 2.24) is 15.0 Å². The molecule has 3 aromatic rings. The SMILES string of the molecule is Cc1cc(/C=N/NC(=O)c2ccco2)c(C)n1-c1ccccn1. The van der Waals surface area contributed by atoms with E-state index in [9.17, 15) is 4.79 Å². The molecule has 6 heteroatoms. The first kappa shape index (κ1) is 14.8. The van der Waals surface area contributed by atoms with Gasteiger partial charge in [0.15, 0.2) is 5.76 Å². The molecule has 0 atom stereocenters. The van der Waals surface area contributed by atoms with Gasteiger partial charge in [-0.1, -0.05) is 6.07 Å². The lowest BCUT2D eigenvalue weighted by Gasteiger charge is -2.07. The van der Waals surface area contributed by atoms with Gasteiger partial charge >= 0.3 is 5.91 Å². The van der Waals surface area contributed by atoms with E-state index in [1.54, 1.807) is 24.5 Å². The summed E-state index contributed by atoms with van der Waals surface area (Å²) in [4.78, 5) is 16.1. The minimum Gasteiger partial charge on any atom is -0.459 e. The lowest BCUT2D eigenvalue weighted by Crippen LogP contribution is -2.16. The molecular formula is C17H16N4O2. The van der Waals surface area contributed by atoms with Gasteiger partial charge in [-0.15, -0.1) is 0 Å². The van der Waals surface area contributed by atoms with E-state index < -0.39 is 0 Å². The van der Waals surface area contributed by atoms with E-state index in [0.717, 1.165) is 22.8 Å². The smallest absolute Gasteiger partial charge is 0.307 e. The Hall–Kier alpha value is -3.15. The highest BCUT2D eigenvalue weighted by atomic mass is 16.3. The number of hydrazone groups is 1. The Kier molecular flexibility index (Phi) is 4.05. The molecule has 0 aliphatic rings. The Balaban J connectivity index is 1.79. The number of hydrogen-bond donors (Lipinski definition) is 1. The van der Waals surface area contributed by atoms with Crippen molar-refractivity contribution in [3.05, 3.63) is 71.6 Å². The lowest BCUT2D eigenvalue weighted by atomic mass is 10.3. The topological polar surface area (TPSA) is 72.4 Å². The van der Waals surface area contributed by atoms with Gasteiger partial charge in [-0.2, -0.15) is 5.10 Å². The number of nitrogens with zero attached hydrogens (tertiary/aromatic N) is 3. The number of rotatable bonds is 4. The Bertz CT molecular complexity index is 833. The summed E-state index contributed by atoms with van der Waals surface area (Å²) in [6.45, 7) is 3.98. The van der Waals surface area contributed by atoms with Crippen LogP contribution in [0.5, 0.6) is 0 Å². The fourth-order valence-corrected chi connectivity index (χ4v) is 2.38. The van der Waals surface area contributed by atoms with Gasteiger partial charge in [0.25, 0.3) is 0 Å². The molecule has 6 nitrogen and oxygen atoms in total. The number of aromatic nitrogens is 2. The van der Waals surface area contributed by atoms with E-state index in [1.807, 2.05) is 42.7 Å². The number of pyridine rings is 1. The van der Waals surface area contributed by atoms with Gasteiger partial charge in [-0.05, 0) is 44.2 Å². The van der Waals surface area contributed by atoms with Gasteiger partial charge < -0.3 is 8.98 Å². The third-order valence-electron chi connectivity index (χ3n) is 3.46. The van der Waals surface area contributed by atoms with Crippen LogP contribution < -0.4 is 5.43 Å². The molecule has 23 heavy (non-hydrogen) atoms. The molecule has 0 aliphatic heterocycles. The van der Waals surface area contributed by atoms with Gasteiger partial charge in [0, 0.05) is 23.1 Å². The van der Waals surface area contributed by atoms with E-state index in [2.05, 4.69) is 15.5 Å². The average Bonchev–Trinajstić information content (AvgIpc) is 3.17. The van der Waals surface area contributed by atoms with Crippen LogP contribution in [-0.2, 0) is 0 Å². The third kappa shape index (κ3) is 3.06. The van der Waals surface area contributed by atoms with Crippen LogP contribution in [0.3, 0.4) is 0 Å². The second kappa shape index (κ2) is 6.31. The molecular weight excluding hydrogens is 292 g/mol. The molecule has 0 saturated heterocycles. The van der Waals surface area contributed by atoms with Crippen LogP contribution >= 0.6 is 0 Å². The first-order chi connectivity index (χ1) is 11.2. The normalized spacial score (nSPS) is 11.0. The Morgan fingerprint density at radius 3 is 2.87 bits per heavy atom. The molecule has 0 spiro atoms. The van der Waals surface area contributed by atoms with Gasteiger partial charge in [-0.25, -0.2) is 10.4 Å². The van der Waals surface area contributed by atoms with E-state index in [4.69, 9.17) is 4.42 Å². The molecule has 116 valence electrons. The Labute approximate surface area is 133 Å². The van der Waals surface area contributed by atoms with Crippen LogP contribution in [0.15, 0.2) is 58.4 Å². The summed E-state index contributed by atoms with van der Waals surface area (Å²) in [6, 6.07) is 11.0. The number of carbonyl (C=O) groups excluding carboxylic acids is 1. The molecule has 1 amide bonds. The van der Waals surface area contributed by atoms with Crippen molar-refractivity contribution in [2.24, 2.45) is 5.10 Å². The molecule has 3 rings (SSSR count). The largest absolute Gasteiger partial charge is 0.459 e. The van der Waals surface area contributed by atoms with Crippen molar-refractivity contribution in [3.8, 4) is 5.82 Å². The number of nitrogens with one attached hydrogen (secondary N) is 1. The zero-order valence-corrected chi connectivity index (χ0v) is 12.9. The highest BCUT2D eigenvalue weighted by Gasteiger charge is 2.10. The van der Waals surface area contributed by atoms with Crippen LogP contribution in [0.1, 0.15) is 27.5 Å². The molecule has 0 unspecified atom stereocenters. The second-order valence-electron chi connectivity index (χ2n) is 5.03. The number of amides is 1. The van der Waals surface area contributed by atoms with Crippen molar-refractivity contribution < 1.29 is 9.21 Å². The monoisotopic (exact) mass is 308 g/mol. The highest BCUT2D eigenvalue weighted by molar-refractivity contribution is 5.92. The van der Waals surface area contributed by atoms with Gasteiger partial charge in [0.2, 0.25) is 0 Å². The molecule has 0 bridgehead atoms. The van der Waals surface area contributed by atoms with Crippen molar-refractivity contribution >= 4 is 12.1 Å². The van der Waals surface area contributed by atoms with Crippen LogP contribution in [0.4, 0.5) is 0 Å². The molecule has 3 aromatic heterocycles. The van der Waals surface area contributed by atoms with Crippen molar-refractivity contribution in [1.29, 1.82) is 0 Å². The minimum atomic E-state index is -0.384. The fourth-order valence-electron chi connectivity index (χ4n) is 2.38. The minimum absolute atomic E-state index is 0.223. The van der Waals surface area contributed by atoms with E-state index in [0.29, 0.717) is 0 Å². The summed E-state index contributed by atoms with van der Waals surface area (Å²) in [5.41, 5.74) is 5.39. The molecule has 0 radical (unpaired) electrons. The third-order valence-corrected chi connectivity index (χ3v) is 3.46. The first-order valence-electron chi connectivity index (χ1n) is 7.14. The van der Waals surface area contributed by atoms with Crippen molar-refractivity contribution in [2.75, 3.05) is 0 Å². The summed E-state index contributed by atoms with van der Waals surface area (Å²) >= 11 is 0. The highest BCUT2D eigenvalue weighted by Crippen LogP contribution is 2.17. The molecule has 0 aromatic carbocycles. The zero-order valence-electron chi connectivity index (χ0n) is 12.9. The Morgan fingerprint density at radius 1 is 1.30 bits per heavy atom. The van der Waals surface area contributed by atoms with E-state index in [-0.39, 0.29) is 11.7 Å². The van der Waals surface area contributed by atoms with Crippen LogP contribution in [0, 0.1) is 13.8 Å². The Morgan fingerprint density at radius 2 is 2.17 bits per heavy atom. The summed E-state index contributed by atoms with van der Waals surface area (Å²) in [5, 5.41) is 3.99. The van der Waals surface area contributed by atoms with Crippen LogP contribution in [0.25, 0.3) is 5.82 Å². The quantitative estimate of drug-likeness (QED) is 0.595. The van der Waals surface area contributed by atoms with Crippen molar-refractivity contribution in [2.45, 2.75) is 13.8 Å². The molecule has 0 saturated carbocycles. The second-order valence-corrected chi connectivity index (χ2v) is 5.03. The molecule has 0 aliphatic carbocycles. The standard InChI is InChI=1S/C17H16N4O2/c1-12-10-14(11-19-20-17(22)15-6-5-9-23-15)13(2)21(12)16-7-3-4-8-18-16/h3-11H,1-2H3,(H,20,22)/b19-11+. The van der Waals surface area contributed by atoms with E-state index >= 15 is 0 Å². The van der Waals surface area contributed by atoms with Crippen molar-refractivity contribution in [3.63, 3.8) is 0 Å². The first-order valence-corrected chi connectivity index (χ1v) is 7.14. The maximum Gasteiger partial charge on any atom is 0.307 e. The van der Waals surface area contributed by atoms with E-state index in [1.165, 1.54) is 6.26 Å². The van der Waals surface area contributed by atoms with Gasteiger partial charge in [0.1, 0.15) is 5.82 Å². The number of hydrogen-bond acceptors (Lipinski definition) is 4. The maximum atomic E-state index is 11.7. The number of carbonyl (C=O) groups is 1. The van der Waals surface area contributed by atoms with Crippen LogP contribution in [0.2, 0.25) is 0 Å².